The Hall–Kier alpha value is -3.35. The molecule has 0 saturated carbocycles. The van der Waals surface area contributed by atoms with Crippen LogP contribution in [0.4, 0.5) is 0 Å². The van der Waals surface area contributed by atoms with Gasteiger partial charge < -0.3 is 4.74 Å². The number of carbonyl (C=O) groups is 1. The molecule has 3 nitrogen and oxygen atoms in total. The van der Waals surface area contributed by atoms with Gasteiger partial charge in [-0.05, 0) is 47.0 Å². The van der Waals surface area contributed by atoms with Crippen LogP contribution in [0, 0.1) is 11.8 Å². The lowest BCUT2D eigenvalue weighted by molar-refractivity contribution is -0.148. The average molecular weight is 418 g/mol. The zero-order valence-electron chi connectivity index (χ0n) is 17.8. The first-order valence-corrected chi connectivity index (χ1v) is 11.6. The minimum absolute atomic E-state index is 0.211. The van der Waals surface area contributed by atoms with E-state index in [1.165, 1.54) is 29.0 Å². The van der Waals surface area contributed by atoms with E-state index < -0.39 is 5.60 Å². The molecule has 3 atom stereocenters. The molecule has 156 valence electrons. The Morgan fingerprint density at radius 2 is 1.78 bits per heavy atom. The van der Waals surface area contributed by atoms with E-state index in [0.717, 1.165) is 41.5 Å². The van der Waals surface area contributed by atoms with Crippen molar-refractivity contribution in [3.8, 4) is 11.8 Å². The predicted octanol–water partition coefficient (Wildman–Crippen LogP) is 5.13. The molecule has 3 heteroatoms. The van der Waals surface area contributed by atoms with Gasteiger partial charge in [-0.2, -0.15) is 0 Å². The molecule has 3 unspecified atom stereocenters. The van der Waals surface area contributed by atoms with Gasteiger partial charge >= 0.3 is 5.97 Å². The molecule has 3 aromatic rings. The standard InChI is InChI=1S/C29H23NO2/c31-28-17-26-21(16-22-18-29(26,32-28)27-11-5-6-14-30(22)27)13-12-20-15-19-7-1-2-8-23(19)25-10-4-3-9-24(20)25/h1-4,7-10,15-17,22,27H,5-6,11,14,18H2. The summed E-state index contributed by atoms with van der Waals surface area (Å²) in [7, 11) is 0. The second-order valence-corrected chi connectivity index (χ2v) is 9.41. The zero-order chi connectivity index (χ0) is 21.3. The van der Waals surface area contributed by atoms with Crippen molar-refractivity contribution in [2.75, 3.05) is 6.54 Å². The number of piperidine rings is 1. The number of ether oxygens (including phenoxy) is 1. The van der Waals surface area contributed by atoms with Gasteiger partial charge in [-0.25, -0.2) is 4.79 Å². The SMILES string of the molecule is O=C1C=C2C(C#Cc3cc4ccccc4c4ccccc34)=CC3CC2(O1)C1CCCCN31. The van der Waals surface area contributed by atoms with Crippen LogP contribution >= 0.6 is 0 Å². The van der Waals surface area contributed by atoms with E-state index in [0.29, 0.717) is 6.04 Å². The molecule has 0 radical (unpaired) electrons. The maximum atomic E-state index is 12.4. The third-order valence-electron chi connectivity index (χ3n) is 7.77. The van der Waals surface area contributed by atoms with Crippen LogP contribution in [-0.2, 0) is 9.53 Å². The van der Waals surface area contributed by atoms with Gasteiger partial charge in [-0.3, -0.25) is 4.90 Å². The van der Waals surface area contributed by atoms with E-state index in [1.807, 2.05) is 0 Å². The van der Waals surface area contributed by atoms with Crippen LogP contribution in [0.1, 0.15) is 31.2 Å². The number of nitrogens with zero attached hydrogens (tertiary/aromatic N) is 1. The summed E-state index contributed by atoms with van der Waals surface area (Å²) in [4.78, 5) is 15.0. The summed E-state index contributed by atoms with van der Waals surface area (Å²) >= 11 is 0. The first-order chi connectivity index (χ1) is 15.7. The summed E-state index contributed by atoms with van der Waals surface area (Å²) in [5, 5.41) is 4.83. The normalized spacial score (nSPS) is 28.4. The van der Waals surface area contributed by atoms with Gasteiger partial charge in [0, 0.05) is 35.2 Å². The third kappa shape index (κ3) is 2.45. The van der Waals surface area contributed by atoms with Gasteiger partial charge in [-0.1, -0.05) is 72.9 Å². The molecular formula is C29H23NO2. The van der Waals surface area contributed by atoms with Crippen molar-refractivity contribution < 1.29 is 9.53 Å². The predicted molar refractivity (Wildman–Crippen MR) is 126 cm³/mol. The molecule has 2 fully saturated rings. The van der Waals surface area contributed by atoms with Crippen molar-refractivity contribution in [2.45, 2.75) is 43.4 Å². The van der Waals surface area contributed by atoms with Crippen molar-refractivity contribution in [3.05, 3.63) is 83.5 Å². The first kappa shape index (κ1) is 18.2. The Bertz CT molecular complexity index is 1440. The van der Waals surface area contributed by atoms with E-state index in [4.69, 9.17) is 4.74 Å². The fourth-order valence-electron chi connectivity index (χ4n) is 6.46. The monoisotopic (exact) mass is 417 g/mol. The number of hydrogen-bond donors (Lipinski definition) is 0. The van der Waals surface area contributed by atoms with Crippen LogP contribution in [0.5, 0.6) is 0 Å². The van der Waals surface area contributed by atoms with Crippen molar-refractivity contribution in [1.29, 1.82) is 0 Å². The molecule has 3 aromatic carbocycles. The maximum Gasteiger partial charge on any atom is 0.332 e. The van der Waals surface area contributed by atoms with Crippen LogP contribution in [-0.4, -0.2) is 35.1 Å². The molecule has 4 aliphatic rings. The van der Waals surface area contributed by atoms with Crippen molar-refractivity contribution >= 4 is 27.5 Å². The number of benzene rings is 3. The van der Waals surface area contributed by atoms with Crippen LogP contribution in [0.15, 0.2) is 77.9 Å². The average Bonchev–Trinajstić information content (AvgIpc) is 3.31. The molecule has 7 rings (SSSR count). The Kier molecular flexibility index (Phi) is 3.75. The summed E-state index contributed by atoms with van der Waals surface area (Å²) in [6.07, 6.45) is 8.36. The highest BCUT2D eigenvalue weighted by Crippen LogP contribution is 2.53. The number of fused-ring (bicyclic) bond motifs is 6. The molecule has 0 amide bonds. The summed E-state index contributed by atoms with van der Waals surface area (Å²) in [5.41, 5.74) is 2.51. The Morgan fingerprint density at radius 1 is 0.969 bits per heavy atom. The van der Waals surface area contributed by atoms with Gasteiger partial charge in [0.25, 0.3) is 0 Å². The van der Waals surface area contributed by atoms with Crippen LogP contribution in [0.3, 0.4) is 0 Å². The van der Waals surface area contributed by atoms with Gasteiger partial charge in [0.15, 0.2) is 5.60 Å². The van der Waals surface area contributed by atoms with Crippen molar-refractivity contribution in [1.82, 2.24) is 4.90 Å². The Labute approximate surface area is 187 Å². The zero-order valence-corrected chi connectivity index (χ0v) is 17.8. The van der Waals surface area contributed by atoms with Gasteiger partial charge in [0.2, 0.25) is 0 Å². The summed E-state index contributed by atoms with van der Waals surface area (Å²) < 4.78 is 6.04. The van der Waals surface area contributed by atoms with Crippen molar-refractivity contribution in [2.24, 2.45) is 0 Å². The summed E-state index contributed by atoms with van der Waals surface area (Å²) in [5.74, 6) is 6.74. The minimum Gasteiger partial charge on any atom is -0.449 e. The summed E-state index contributed by atoms with van der Waals surface area (Å²) in [6.45, 7) is 1.08. The molecule has 2 bridgehead atoms. The maximum absolute atomic E-state index is 12.4. The smallest absolute Gasteiger partial charge is 0.332 e. The summed E-state index contributed by atoms with van der Waals surface area (Å²) in [6, 6.07) is 19.7. The Balaban J connectivity index is 1.38. The topological polar surface area (TPSA) is 29.5 Å². The highest BCUT2D eigenvalue weighted by Gasteiger charge is 2.61. The molecular weight excluding hydrogens is 394 g/mol. The molecule has 3 heterocycles. The molecule has 2 saturated heterocycles. The lowest BCUT2D eigenvalue weighted by Gasteiger charge is -2.38. The lowest BCUT2D eigenvalue weighted by atomic mass is 9.77. The highest BCUT2D eigenvalue weighted by atomic mass is 16.6. The molecule has 3 aliphatic heterocycles. The molecule has 0 aromatic heterocycles. The molecule has 32 heavy (non-hydrogen) atoms. The van der Waals surface area contributed by atoms with E-state index in [9.17, 15) is 4.79 Å². The quantitative estimate of drug-likeness (QED) is 0.288. The van der Waals surface area contributed by atoms with Crippen LogP contribution in [0.2, 0.25) is 0 Å². The molecule has 1 spiro atoms. The number of esters is 1. The van der Waals surface area contributed by atoms with Gasteiger partial charge in [-0.15, -0.1) is 0 Å². The number of carbonyl (C=O) groups excluding carboxylic acids is 1. The molecule has 1 aliphatic carbocycles. The number of hydrogen-bond acceptors (Lipinski definition) is 3. The van der Waals surface area contributed by atoms with Crippen LogP contribution in [0.25, 0.3) is 21.5 Å². The molecule has 0 N–H and O–H groups in total. The first-order valence-electron chi connectivity index (χ1n) is 11.6. The van der Waals surface area contributed by atoms with Gasteiger partial charge in [0.05, 0.1) is 6.04 Å². The minimum atomic E-state index is -0.494. The second-order valence-electron chi connectivity index (χ2n) is 9.41. The van der Waals surface area contributed by atoms with E-state index in [2.05, 4.69) is 77.4 Å². The second kappa shape index (κ2) is 6.58. The third-order valence-corrected chi connectivity index (χ3v) is 7.77. The fraction of sp³-hybridized carbons (Fsp3) is 0.276. The fourth-order valence-corrected chi connectivity index (χ4v) is 6.46. The number of rotatable bonds is 0. The Morgan fingerprint density at radius 3 is 2.69 bits per heavy atom. The highest BCUT2D eigenvalue weighted by molar-refractivity contribution is 6.10. The van der Waals surface area contributed by atoms with E-state index in [1.54, 1.807) is 6.08 Å². The van der Waals surface area contributed by atoms with Crippen molar-refractivity contribution in [3.63, 3.8) is 0 Å². The van der Waals surface area contributed by atoms with E-state index in [-0.39, 0.29) is 12.0 Å². The van der Waals surface area contributed by atoms with Gasteiger partial charge in [0.1, 0.15) is 0 Å². The largest absolute Gasteiger partial charge is 0.449 e. The lowest BCUT2D eigenvalue weighted by Crippen LogP contribution is -2.48. The van der Waals surface area contributed by atoms with E-state index >= 15 is 0 Å². The van der Waals surface area contributed by atoms with Crippen LogP contribution < -0.4 is 0 Å².